The molecule has 0 aromatic carbocycles. The van der Waals surface area contributed by atoms with Crippen LogP contribution in [-0.2, 0) is 20.0 Å². The molecule has 1 atom stereocenters. The number of imidazole rings is 1. The van der Waals surface area contributed by atoms with Crippen LogP contribution < -0.4 is 0 Å². The van der Waals surface area contributed by atoms with Gasteiger partial charge in [-0.15, -0.1) is 0 Å². The van der Waals surface area contributed by atoms with Crippen molar-refractivity contribution in [3.05, 3.63) is 48.3 Å². The first-order valence-corrected chi connectivity index (χ1v) is 7.88. The lowest BCUT2D eigenvalue weighted by Gasteiger charge is -2.15. The van der Waals surface area contributed by atoms with Gasteiger partial charge in [-0.25, -0.2) is 9.97 Å². The summed E-state index contributed by atoms with van der Waals surface area (Å²) in [5.74, 6) is 1.87. The van der Waals surface area contributed by atoms with Gasteiger partial charge in [0.15, 0.2) is 0 Å². The lowest BCUT2D eigenvalue weighted by molar-refractivity contribution is 0.305. The van der Waals surface area contributed by atoms with Gasteiger partial charge in [-0.1, -0.05) is 0 Å². The van der Waals surface area contributed by atoms with Gasteiger partial charge in [0.25, 0.3) is 0 Å². The van der Waals surface area contributed by atoms with Gasteiger partial charge < -0.3 is 9.55 Å². The number of hydrogen-bond donors (Lipinski definition) is 1. The summed E-state index contributed by atoms with van der Waals surface area (Å²) in [7, 11) is 2.06. The second kappa shape index (κ2) is 5.57. The highest BCUT2D eigenvalue weighted by Gasteiger charge is 2.23. The molecule has 1 fully saturated rings. The molecule has 5 nitrogen and oxygen atoms in total. The van der Waals surface area contributed by atoms with Crippen LogP contribution in [0.15, 0.2) is 36.9 Å². The Hall–Kier alpha value is -2.14. The molecule has 22 heavy (non-hydrogen) atoms. The SMILES string of the molecule is Cn1ccnc1CN1CCC(Cc2cnc3[nH]ccc3c2)C1. The van der Waals surface area contributed by atoms with Crippen molar-refractivity contribution >= 4 is 11.0 Å². The van der Waals surface area contributed by atoms with Gasteiger partial charge in [0.05, 0.1) is 6.54 Å². The third-order valence-corrected chi connectivity index (χ3v) is 4.64. The summed E-state index contributed by atoms with van der Waals surface area (Å²) in [4.78, 5) is 14.6. The Bertz CT molecular complexity index is 772. The number of aromatic nitrogens is 4. The number of fused-ring (bicyclic) bond motifs is 1. The maximum Gasteiger partial charge on any atom is 0.137 e. The fraction of sp³-hybridized carbons (Fsp3) is 0.412. The minimum atomic E-state index is 0.721. The molecule has 4 rings (SSSR count). The van der Waals surface area contributed by atoms with E-state index in [2.05, 4.69) is 43.6 Å². The van der Waals surface area contributed by atoms with E-state index >= 15 is 0 Å². The summed E-state index contributed by atoms with van der Waals surface area (Å²) in [5, 5.41) is 1.21. The molecular weight excluding hydrogens is 274 g/mol. The topological polar surface area (TPSA) is 49.7 Å². The zero-order valence-corrected chi connectivity index (χ0v) is 12.9. The van der Waals surface area contributed by atoms with E-state index in [0.717, 1.165) is 43.4 Å². The van der Waals surface area contributed by atoms with Crippen LogP contribution in [0, 0.1) is 5.92 Å². The molecule has 114 valence electrons. The Morgan fingerprint density at radius 3 is 3.18 bits per heavy atom. The molecule has 0 radical (unpaired) electrons. The Balaban J connectivity index is 1.39. The largest absolute Gasteiger partial charge is 0.346 e. The van der Waals surface area contributed by atoms with Crippen LogP contribution in [0.1, 0.15) is 17.8 Å². The third kappa shape index (κ3) is 2.64. The minimum absolute atomic E-state index is 0.721. The summed E-state index contributed by atoms with van der Waals surface area (Å²) < 4.78 is 2.11. The highest BCUT2D eigenvalue weighted by Crippen LogP contribution is 2.23. The number of nitrogens with zero attached hydrogens (tertiary/aromatic N) is 4. The van der Waals surface area contributed by atoms with Crippen molar-refractivity contribution in [1.82, 2.24) is 24.4 Å². The third-order valence-electron chi connectivity index (χ3n) is 4.64. The van der Waals surface area contributed by atoms with Gasteiger partial charge >= 0.3 is 0 Å². The standard InChI is InChI=1S/C17H21N5/c1-21-7-5-18-16(21)12-22-6-3-13(11-22)8-14-9-15-2-4-19-17(15)20-10-14/h2,4-5,7,9-10,13H,3,6,8,11-12H2,1H3,(H,19,20). The molecule has 0 amide bonds. The molecule has 1 aliphatic heterocycles. The monoisotopic (exact) mass is 295 g/mol. The zero-order valence-electron chi connectivity index (χ0n) is 12.9. The van der Waals surface area contributed by atoms with E-state index in [-0.39, 0.29) is 0 Å². The summed E-state index contributed by atoms with van der Waals surface area (Å²) in [6.45, 7) is 3.27. The number of nitrogens with one attached hydrogen (secondary N) is 1. The zero-order chi connectivity index (χ0) is 14.9. The first-order chi connectivity index (χ1) is 10.8. The lowest BCUT2D eigenvalue weighted by atomic mass is 9.99. The molecular formula is C17H21N5. The van der Waals surface area contributed by atoms with E-state index in [9.17, 15) is 0 Å². The Kier molecular flexibility index (Phi) is 3.42. The van der Waals surface area contributed by atoms with Gasteiger partial charge in [0.2, 0.25) is 0 Å². The van der Waals surface area contributed by atoms with Crippen LogP contribution in [0.2, 0.25) is 0 Å². The Labute approximate surface area is 130 Å². The summed E-state index contributed by atoms with van der Waals surface area (Å²) >= 11 is 0. The predicted octanol–water partition coefficient (Wildman–Crippen LogP) is 2.36. The van der Waals surface area contributed by atoms with E-state index in [4.69, 9.17) is 0 Å². The fourth-order valence-electron chi connectivity index (χ4n) is 3.40. The van der Waals surface area contributed by atoms with Crippen molar-refractivity contribution in [3.63, 3.8) is 0 Å². The molecule has 3 aromatic rings. The van der Waals surface area contributed by atoms with Gasteiger partial charge in [-0.05, 0) is 43.0 Å². The van der Waals surface area contributed by atoms with Gasteiger partial charge in [0, 0.05) is 43.8 Å². The van der Waals surface area contributed by atoms with Crippen LogP contribution in [0.4, 0.5) is 0 Å². The molecule has 0 bridgehead atoms. The maximum absolute atomic E-state index is 4.49. The molecule has 1 unspecified atom stereocenters. The molecule has 5 heteroatoms. The van der Waals surface area contributed by atoms with E-state index in [1.54, 1.807) is 0 Å². The van der Waals surface area contributed by atoms with Crippen molar-refractivity contribution in [2.24, 2.45) is 13.0 Å². The van der Waals surface area contributed by atoms with E-state index in [0.29, 0.717) is 0 Å². The molecule has 1 aliphatic rings. The summed E-state index contributed by atoms with van der Waals surface area (Å²) in [6, 6.07) is 4.36. The number of hydrogen-bond acceptors (Lipinski definition) is 3. The number of aromatic amines is 1. The molecule has 1 saturated heterocycles. The molecule has 0 spiro atoms. The first kappa shape index (κ1) is 13.5. The van der Waals surface area contributed by atoms with Crippen LogP contribution in [0.25, 0.3) is 11.0 Å². The molecule has 4 heterocycles. The lowest BCUT2D eigenvalue weighted by Crippen LogP contribution is -2.22. The maximum atomic E-state index is 4.49. The fourth-order valence-corrected chi connectivity index (χ4v) is 3.40. The van der Waals surface area contributed by atoms with Crippen LogP contribution >= 0.6 is 0 Å². The smallest absolute Gasteiger partial charge is 0.137 e. The summed E-state index contributed by atoms with van der Waals surface area (Å²) in [5.41, 5.74) is 2.32. The normalized spacial score (nSPS) is 19.2. The number of likely N-dealkylation sites (tertiary alicyclic amines) is 1. The second-order valence-electron chi connectivity index (χ2n) is 6.31. The predicted molar refractivity (Wildman–Crippen MR) is 86.4 cm³/mol. The number of aryl methyl sites for hydroxylation is 1. The number of pyridine rings is 1. The summed E-state index contributed by atoms with van der Waals surface area (Å²) in [6.07, 6.45) is 10.2. The van der Waals surface area contributed by atoms with E-state index < -0.39 is 0 Å². The van der Waals surface area contributed by atoms with Gasteiger partial charge in [-0.2, -0.15) is 0 Å². The number of H-pyrrole nitrogens is 1. The van der Waals surface area contributed by atoms with E-state index in [1.807, 2.05) is 24.8 Å². The van der Waals surface area contributed by atoms with Crippen molar-refractivity contribution in [3.8, 4) is 0 Å². The molecule has 0 saturated carbocycles. The molecule has 0 aliphatic carbocycles. The van der Waals surface area contributed by atoms with Crippen LogP contribution in [0.3, 0.4) is 0 Å². The van der Waals surface area contributed by atoms with Crippen LogP contribution in [-0.4, -0.2) is 37.5 Å². The highest BCUT2D eigenvalue weighted by atomic mass is 15.2. The van der Waals surface area contributed by atoms with Crippen molar-refractivity contribution < 1.29 is 0 Å². The average molecular weight is 295 g/mol. The Morgan fingerprint density at radius 2 is 2.32 bits per heavy atom. The van der Waals surface area contributed by atoms with E-state index in [1.165, 1.54) is 17.4 Å². The van der Waals surface area contributed by atoms with Crippen molar-refractivity contribution in [1.29, 1.82) is 0 Å². The minimum Gasteiger partial charge on any atom is -0.346 e. The van der Waals surface area contributed by atoms with Crippen molar-refractivity contribution in [2.45, 2.75) is 19.4 Å². The first-order valence-electron chi connectivity index (χ1n) is 7.88. The van der Waals surface area contributed by atoms with Crippen molar-refractivity contribution in [2.75, 3.05) is 13.1 Å². The number of rotatable bonds is 4. The van der Waals surface area contributed by atoms with Gasteiger partial charge in [0.1, 0.15) is 11.5 Å². The molecule has 3 aromatic heterocycles. The second-order valence-corrected chi connectivity index (χ2v) is 6.31. The quantitative estimate of drug-likeness (QED) is 0.804. The van der Waals surface area contributed by atoms with Crippen LogP contribution in [0.5, 0.6) is 0 Å². The molecule has 1 N–H and O–H groups in total. The average Bonchev–Trinajstić information content (AvgIpc) is 3.22. The van der Waals surface area contributed by atoms with Gasteiger partial charge in [-0.3, -0.25) is 4.90 Å². The highest BCUT2D eigenvalue weighted by molar-refractivity contribution is 5.75. The Morgan fingerprint density at radius 1 is 1.36 bits per heavy atom.